The van der Waals surface area contributed by atoms with Gasteiger partial charge in [0.25, 0.3) is 0 Å². The summed E-state index contributed by atoms with van der Waals surface area (Å²) in [6, 6.07) is 8.54. The minimum Gasteiger partial charge on any atom is -0.390 e. The minimum atomic E-state index is -0.245. The van der Waals surface area contributed by atoms with Gasteiger partial charge in [0, 0.05) is 0 Å². The number of ether oxygens (including phenoxy) is 1. The first kappa shape index (κ1) is 8.31. The fourth-order valence-corrected chi connectivity index (χ4v) is 3.75. The third-order valence-electron chi connectivity index (χ3n) is 4.52. The van der Waals surface area contributed by atoms with Crippen LogP contribution in [0, 0.1) is 0 Å². The number of fused-ring (bicyclic) bond motifs is 1. The molecule has 3 atom stereocenters. The molecule has 78 valence electrons. The highest BCUT2D eigenvalue weighted by Crippen LogP contribution is 2.70. The third kappa shape index (κ3) is 0.734. The fourth-order valence-electron chi connectivity index (χ4n) is 3.75. The van der Waals surface area contributed by atoms with E-state index in [1.165, 1.54) is 11.1 Å². The summed E-state index contributed by atoms with van der Waals surface area (Å²) >= 11 is 0. The molecule has 3 aliphatic rings. The van der Waals surface area contributed by atoms with E-state index in [9.17, 15) is 5.11 Å². The summed E-state index contributed by atoms with van der Waals surface area (Å²) in [6.45, 7) is 0. The van der Waals surface area contributed by atoms with Gasteiger partial charge in [-0.15, -0.1) is 0 Å². The Bertz CT molecular complexity index is 438. The number of aliphatic hydroxyl groups excluding tert-OH is 1. The summed E-state index contributed by atoms with van der Waals surface area (Å²) in [5, 5.41) is 10.0. The minimum absolute atomic E-state index is 0.110. The molecule has 0 spiro atoms. The van der Waals surface area contributed by atoms with Crippen molar-refractivity contribution in [3.05, 3.63) is 35.4 Å². The summed E-state index contributed by atoms with van der Waals surface area (Å²) in [5.74, 6) is 0. The predicted molar refractivity (Wildman–Crippen MR) is 55.5 cm³/mol. The molecule has 2 fully saturated rings. The summed E-state index contributed by atoms with van der Waals surface area (Å²) in [7, 11) is 0. The molecule has 0 unspecified atom stereocenters. The van der Waals surface area contributed by atoms with Gasteiger partial charge in [0.05, 0.1) is 6.10 Å². The van der Waals surface area contributed by atoms with Crippen LogP contribution >= 0.6 is 0 Å². The van der Waals surface area contributed by atoms with Gasteiger partial charge < -0.3 is 9.84 Å². The van der Waals surface area contributed by atoms with Crippen LogP contribution in [-0.4, -0.2) is 16.8 Å². The Morgan fingerprint density at radius 2 is 2.13 bits per heavy atom. The van der Waals surface area contributed by atoms with Gasteiger partial charge in [0.1, 0.15) is 11.2 Å². The van der Waals surface area contributed by atoms with Gasteiger partial charge in [-0.1, -0.05) is 24.3 Å². The Morgan fingerprint density at radius 1 is 1.27 bits per heavy atom. The summed E-state index contributed by atoms with van der Waals surface area (Å²) in [5.41, 5.74) is 2.44. The molecule has 0 amide bonds. The standard InChI is InChI=1S/C13H14O2/c14-11-6-8-12-10-4-2-1-3-9(10)5-7-13(11,12)15-12/h1-4,11,14H,5-8H2/t11-,12-,13-/m0/s1. The molecule has 1 aromatic rings. The van der Waals surface area contributed by atoms with Crippen molar-refractivity contribution >= 4 is 0 Å². The molecule has 0 bridgehead atoms. The first-order valence-electron chi connectivity index (χ1n) is 5.75. The molecule has 2 aliphatic carbocycles. The van der Waals surface area contributed by atoms with Crippen LogP contribution in [0.3, 0.4) is 0 Å². The maximum Gasteiger partial charge on any atom is 0.129 e. The Balaban J connectivity index is 1.93. The zero-order chi connectivity index (χ0) is 10.1. The molecule has 1 N–H and O–H groups in total. The molecule has 1 heterocycles. The van der Waals surface area contributed by atoms with Crippen LogP contribution in [-0.2, 0) is 16.8 Å². The van der Waals surface area contributed by atoms with Crippen molar-refractivity contribution in [1.29, 1.82) is 0 Å². The Labute approximate surface area is 88.9 Å². The van der Waals surface area contributed by atoms with Crippen molar-refractivity contribution in [2.45, 2.75) is 43.0 Å². The van der Waals surface area contributed by atoms with Crippen LogP contribution < -0.4 is 0 Å². The van der Waals surface area contributed by atoms with E-state index in [-0.39, 0.29) is 17.3 Å². The molecule has 1 aliphatic heterocycles. The van der Waals surface area contributed by atoms with E-state index in [1.54, 1.807) is 0 Å². The lowest BCUT2D eigenvalue weighted by Gasteiger charge is -2.23. The summed E-state index contributed by atoms with van der Waals surface area (Å²) < 4.78 is 5.98. The average molecular weight is 202 g/mol. The number of hydrogen-bond donors (Lipinski definition) is 1. The van der Waals surface area contributed by atoms with Crippen molar-refractivity contribution in [2.75, 3.05) is 0 Å². The topological polar surface area (TPSA) is 32.8 Å². The summed E-state index contributed by atoms with van der Waals surface area (Å²) in [4.78, 5) is 0. The highest BCUT2D eigenvalue weighted by Gasteiger charge is 2.78. The van der Waals surface area contributed by atoms with Crippen LogP contribution in [0.15, 0.2) is 24.3 Å². The largest absolute Gasteiger partial charge is 0.390 e. The van der Waals surface area contributed by atoms with E-state index < -0.39 is 0 Å². The van der Waals surface area contributed by atoms with Crippen molar-refractivity contribution in [3.63, 3.8) is 0 Å². The van der Waals surface area contributed by atoms with Crippen LogP contribution in [0.1, 0.15) is 30.4 Å². The van der Waals surface area contributed by atoms with Gasteiger partial charge in [0.15, 0.2) is 0 Å². The van der Waals surface area contributed by atoms with E-state index >= 15 is 0 Å². The SMILES string of the molecule is O[C@H]1CC[C@@]23O[C@@]12CCc1ccccc13. The molecule has 0 aromatic heterocycles. The van der Waals surface area contributed by atoms with E-state index in [0.29, 0.717) is 0 Å². The molecule has 1 saturated carbocycles. The zero-order valence-electron chi connectivity index (χ0n) is 8.57. The van der Waals surface area contributed by atoms with Gasteiger partial charge in [0.2, 0.25) is 0 Å². The van der Waals surface area contributed by atoms with E-state index in [0.717, 1.165) is 25.7 Å². The Morgan fingerprint density at radius 3 is 3.07 bits per heavy atom. The lowest BCUT2D eigenvalue weighted by Crippen LogP contribution is -2.33. The molecule has 1 saturated heterocycles. The Kier molecular flexibility index (Phi) is 1.26. The number of aliphatic hydroxyl groups is 1. The molecule has 1 aromatic carbocycles. The summed E-state index contributed by atoms with van der Waals surface area (Å²) in [6.07, 6.45) is 3.69. The lowest BCUT2D eigenvalue weighted by atomic mass is 9.76. The normalized spacial score (nSPS) is 45.5. The lowest BCUT2D eigenvalue weighted by molar-refractivity contribution is 0.0587. The molecule has 4 rings (SSSR count). The van der Waals surface area contributed by atoms with Gasteiger partial charge >= 0.3 is 0 Å². The highest BCUT2D eigenvalue weighted by molar-refractivity contribution is 5.46. The average Bonchev–Trinajstić information content (AvgIpc) is 2.90. The maximum absolute atomic E-state index is 10.0. The Hall–Kier alpha value is -0.860. The number of epoxide rings is 1. The van der Waals surface area contributed by atoms with Gasteiger partial charge in [-0.25, -0.2) is 0 Å². The second-order valence-electron chi connectivity index (χ2n) is 5.03. The predicted octanol–water partition coefficient (Wildman–Crippen LogP) is 1.75. The van der Waals surface area contributed by atoms with E-state index in [1.807, 2.05) is 0 Å². The molecule has 2 nitrogen and oxygen atoms in total. The van der Waals surface area contributed by atoms with Gasteiger partial charge in [-0.2, -0.15) is 0 Å². The molecule has 0 radical (unpaired) electrons. The number of benzene rings is 1. The second-order valence-corrected chi connectivity index (χ2v) is 5.03. The monoisotopic (exact) mass is 202 g/mol. The quantitative estimate of drug-likeness (QED) is 0.650. The van der Waals surface area contributed by atoms with E-state index in [4.69, 9.17) is 4.74 Å². The smallest absolute Gasteiger partial charge is 0.129 e. The second kappa shape index (κ2) is 2.28. The molecular formula is C13H14O2. The van der Waals surface area contributed by atoms with Crippen molar-refractivity contribution < 1.29 is 9.84 Å². The van der Waals surface area contributed by atoms with Crippen LogP contribution in [0.5, 0.6) is 0 Å². The van der Waals surface area contributed by atoms with Gasteiger partial charge in [-0.3, -0.25) is 0 Å². The van der Waals surface area contributed by atoms with Crippen molar-refractivity contribution in [1.82, 2.24) is 0 Å². The van der Waals surface area contributed by atoms with Crippen LogP contribution in [0.25, 0.3) is 0 Å². The fraction of sp³-hybridized carbons (Fsp3) is 0.538. The first-order chi connectivity index (χ1) is 7.29. The zero-order valence-corrected chi connectivity index (χ0v) is 8.57. The van der Waals surface area contributed by atoms with Crippen molar-refractivity contribution in [3.8, 4) is 0 Å². The number of aryl methyl sites for hydroxylation is 1. The van der Waals surface area contributed by atoms with Crippen LogP contribution in [0.4, 0.5) is 0 Å². The first-order valence-corrected chi connectivity index (χ1v) is 5.75. The molecule has 2 heteroatoms. The molecule has 15 heavy (non-hydrogen) atoms. The van der Waals surface area contributed by atoms with Crippen LogP contribution in [0.2, 0.25) is 0 Å². The molecular weight excluding hydrogens is 188 g/mol. The van der Waals surface area contributed by atoms with Crippen molar-refractivity contribution in [2.24, 2.45) is 0 Å². The highest BCUT2D eigenvalue weighted by atomic mass is 16.6. The van der Waals surface area contributed by atoms with Gasteiger partial charge in [-0.05, 0) is 36.8 Å². The number of hydrogen-bond acceptors (Lipinski definition) is 2. The maximum atomic E-state index is 10.0. The number of rotatable bonds is 0. The van der Waals surface area contributed by atoms with E-state index in [2.05, 4.69) is 24.3 Å². The third-order valence-corrected chi connectivity index (χ3v) is 4.52.